The van der Waals surface area contributed by atoms with E-state index in [9.17, 15) is 9.59 Å². The Morgan fingerprint density at radius 2 is 1.82 bits per heavy atom. The summed E-state index contributed by atoms with van der Waals surface area (Å²) in [6.45, 7) is 4.67. The molecule has 0 unspecified atom stereocenters. The van der Waals surface area contributed by atoms with Crippen molar-refractivity contribution in [1.29, 1.82) is 0 Å². The van der Waals surface area contributed by atoms with E-state index in [1.807, 2.05) is 56.3 Å². The van der Waals surface area contributed by atoms with Crippen LogP contribution in [0.15, 0.2) is 48.5 Å². The third-order valence-electron chi connectivity index (χ3n) is 6.12. The van der Waals surface area contributed by atoms with Gasteiger partial charge in [0.1, 0.15) is 12.6 Å². The van der Waals surface area contributed by atoms with E-state index in [0.717, 1.165) is 22.2 Å². The van der Waals surface area contributed by atoms with Crippen LogP contribution in [0.5, 0.6) is 0 Å². The van der Waals surface area contributed by atoms with E-state index in [2.05, 4.69) is 11.1 Å². The Labute approximate surface area is 163 Å². The number of H-pyrrole nitrogens is 1. The van der Waals surface area contributed by atoms with Gasteiger partial charge >= 0.3 is 0 Å². The van der Waals surface area contributed by atoms with Gasteiger partial charge in [-0.2, -0.15) is 0 Å². The average molecular weight is 373 g/mol. The summed E-state index contributed by atoms with van der Waals surface area (Å²) in [6, 6.07) is 15.7. The summed E-state index contributed by atoms with van der Waals surface area (Å²) < 4.78 is 0. The van der Waals surface area contributed by atoms with Crippen molar-refractivity contribution in [2.45, 2.75) is 38.9 Å². The molecule has 2 aliphatic heterocycles. The molecule has 5 nitrogen and oxygen atoms in total. The minimum Gasteiger partial charge on any atom is -0.356 e. The molecular formula is C23H23N3O2. The van der Waals surface area contributed by atoms with Gasteiger partial charge in [0, 0.05) is 29.6 Å². The van der Waals surface area contributed by atoms with E-state index in [4.69, 9.17) is 0 Å². The molecule has 142 valence electrons. The van der Waals surface area contributed by atoms with Crippen molar-refractivity contribution in [2.24, 2.45) is 0 Å². The number of aromatic nitrogens is 1. The van der Waals surface area contributed by atoms with E-state index < -0.39 is 6.04 Å². The molecule has 2 aliphatic rings. The first-order valence-electron chi connectivity index (χ1n) is 9.78. The molecule has 3 heterocycles. The van der Waals surface area contributed by atoms with Crippen molar-refractivity contribution in [1.82, 2.24) is 14.8 Å². The maximum absolute atomic E-state index is 13.3. The van der Waals surface area contributed by atoms with Gasteiger partial charge in [-0.05, 0) is 31.0 Å². The average Bonchev–Trinajstić information content (AvgIpc) is 3.07. The summed E-state index contributed by atoms with van der Waals surface area (Å²) in [5, 5.41) is 1.15. The third-order valence-corrected chi connectivity index (χ3v) is 6.12. The Hall–Kier alpha value is -3.08. The summed E-state index contributed by atoms with van der Waals surface area (Å²) in [6.07, 6.45) is 0.568. The van der Waals surface area contributed by atoms with Gasteiger partial charge in [0.15, 0.2) is 0 Å². The van der Waals surface area contributed by atoms with Gasteiger partial charge < -0.3 is 14.8 Å². The molecule has 5 heteroatoms. The Balaban J connectivity index is 1.49. The van der Waals surface area contributed by atoms with Gasteiger partial charge in [-0.25, -0.2) is 0 Å². The summed E-state index contributed by atoms with van der Waals surface area (Å²) in [7, 11) is 0. The van der Waals surface area contributed by atoms with Crippen LogP contribution in [0.4, 0.5) is 0 Å². The van der Waals surface area contributed by atoms with Crippen molar-refractivity contribution in [3.63, 3.8) is 0 Å². The summed E-state index contributed by atoms with van der Waals surface area (Å²) in [5.74, 6) is 0.0662. The highest BCUT2D eigenvalue weighted by atomic mass is 16.2. The van der Waals surface area contributed by atoms with Crippen molar-refractivity contribution in [2.75, 3.05) is 6.54 Å². The minimum atomic E-state index is -0.423. The quantitative estimate of drug-likeness (QED) is 0.749. The number of amides is 2. The standard InChI is InChI=1S/C23H23N3O2/c1-14-7-9-16(10-8-14)12-25-13-21(27)26-15(2)22-18(11-20(26)23(25)28)17-5-3-4-6-19(17)24-22/h3-10,15,20,24H,11-13H2,1-2H3/t15-,20-/m0/s1. The molecule has 0 spiro atoms. The lowest BCUT2D eigenvalue weighted by molar-refractivity contribution is -0.159. The number of para-hydroxylation sites is 1. The zero-order valence-electron chi connectivity index (χ0n) is 16.1. The largest absolute Gasteiger partial charge is 0.356 e. The number of aromatic amines is 1. The Morgan fingerprint density at radius 1 is 1.07 bits per heavy atom. The third kappa shape index (κ3) is 2.53. The molecule has 2 aromatic carbocycles. The number of piperazine rings is 1. The molecule has 28 heavy (non-hydrogen) atoms. The second kappa shape index (κ2) is 6.23. The topological polar surface area (TPSA) is 56.4 Å². The molecule has 1 fully saturated rings. The number of rotatable bonds is 2. The van der Waals surface area contributed by atoms with E-state index in [0.29, 0.717) is 13.0 Å². The number of carbonyl (C=O) groups is 2. The number of fused-ring (bicyclic) bond motifs is 4. The molecule has 0 saturated carbocycles. The molecule has 5 rings (SSSR count). The number of benzene rings is 2. The molecular weight excluding hydrogens is 350 g/mol. The number of carbonyl (C=O) groups excluding carboxylic acids is 2. The molecule has 0 aliphatic carbocycles. The fourth-order valence-corrected chi connectivity index (χ4v) is 4.68. The van der Waals surface area contributed by atoms with Crippen molar-refractivity contribution >= 4 is 22.7 Å². The van der Waals surface area contributed by atoms with E-state index in [-0.39, 0.29) is 24.4 Å². The normalized spacial score (nSPS) is 21.8. The fourth-order valence-electron chi connectivity index (χ4n) is 4.68. The SMILES string of the molecule is Cc1ccc(CN2CC(=O)N3[C@@H](Cc4c([nH]c5ccccc45)[C@@H]3C)C2=O)cc1. The van der Waals surface area contributed by atoms with Crippen LogP contribution in [0.1, 0.15) is 35.3 Å². The lowest BCUT2D eigenvalue weighted by Gasteiger charge is -2.46. The first-order valence-corrected chi connectivity index (χ1v) is 9.78. The first-order chi connectivity index (χ1) is 13.5. The van der Waals surface area contributed by atoms with E-state index >= 15 is 0 Å². The second-order valence-corrected chi connectivity index (χ2v) is 7.94. The molecule has 2 atom stereocenters. The molecule has 1 N–H and O–H groups in total. The van der Waals surface area contributed by atoms with E-state index in [1.165, 1.54) is 11.1 Å². The lowest BCUT2D eigenvalue weighted by atomic mass is 9.90. The van der Waals surface area contributed by atoms with Crippen LogP contribution in [0.25, 0.3) is 10.9 Å². The number of nitrogens with zero attached hydrogens (tertiary/aromatic N) is 2. The predicted octanol–water partition coefficient (Wildman–Crippen LogP) is 3.33. The van der Waals surface area contributed by atoms with Gasteiger partial charge in [0.05, 0.1) is 6.04 Å². The van der Waals surface area contributed by atoms with Crippen LogP contribution in [0.2, 0.25) is 0 Å². The number of hydrogen-bond donors (Lipinski definition) is 1. The molecule has 3 aromatic rings. The number of nitrogens with one attached hydrogen (secondary N) is 1. The number of hydrogen-bond acceptors (Lipinski definition) is 2. The van der Waals surface area contributed by atoms with Crippen molar-refractivity contribution in [3.05, 3.63) is 70.9 Å². The summed E-state index contributed by atoms with van der Waals surface area (Å²) >= 11 is 0. The van der Waals surface area contributed by atoms with E-state index in [1.54, 1.807) is 9.80 Å². The van der Waals surface area contributed by atoms with Gasteiger partial charge in [-0.3, -0.25) is 9.59 Å². The van der Waals surface area contributed by atoms with Gasteiger partial charge in [0.25, 0.3) is 0 Å². The van der Waals surface area contributed by atoms with Crippen LogP contribution in [-0.2, 0) is 22.6 Å². The lowest BCUT2D eigenvalue weighted by Crippen LogP contribution is -2.62. The highest BCUT2D eigenvalue weighted by molar-refractivity contribution is 5.97. The summed E-state index contributed by atoms with van der Waals surface area (Å²) in [4.78, 5) is 33.3. The Bertz CT molecular complexity index is 1080. The molecule has 1 saturated heterocycles. The molecule has 2 amide bonds. The van der Waals surface area contributed by atoms with Gasteiger partial charge in [-0.15, -0.1) is 0 Å². The Morgan fingerprint density at radius 3 is 2.61 bits per heavy atom. The second-order valence-electron chi connectivity index (χ2n) is 7.94. The maximum Gasteiger partial charge on any atom is 0.246 e. The first kappa shape index (κ1) is 17.0. The van der Waals surface area contributed by atoms with Gasteiger partial charge in [-0.1, -0.05) is 48.0 Å². The van der Waals surface area contributed by atoms with Crippen LogP contribution in [0, 0.1) is 6.92 Å². The smallest absolute Gasteiger partial charge is 0.246 e. The summed E-state index contributed by atoms with van der Waals surface area (Å²) in [5.41, 5.74) is 5.53. The fraction of sp³-hybridized carbons (Fsp3) is 0.304. The van der Waals surface area contributed by atoms with Crippen molar-refractivity contribution in [3.8, 4) is 0 Å². The molecule has 1 aromatic heterocycles. The van der Waals surface area contributed by atoms with Crippen LogP contribution in [-0.4, -0.2) is 39.2 Å². The van der Waals surface area contributed by atoms with Crippen LogP contribution in [0.3, 0.4) is 0 Å². The maximum atomic E-state index is 13.3. The highest BCUT2D eigenvalue weighted by Crippen LogP contribution is 2.39. The molecule has 0 bridgehead atoms. The minimum absolute atomic E-state index is 0.0218. The molecule has 0 radical (unpaired) electrons. The monoisotopic (exact) mass is 373 g/mol. The number of aryl methyl sites for hydroxylation is 1. The van der Waals surface area contributed by atoms with Crippen LogP contribution >= 0.6 is 0 Å². The zero-order chi connectivity index (χ0) is 19.4. The van der Waals surface area contributed by atoms with Gasteiger partial charge in [0.2, 0.25) is 11.8 Å². The van der Waals surface area contributed by atoms with Crippen LogP contribution < -0.4 is 0 Å². The zero-order valence-corrected chi connectivity index (χ0v) is 16.1. The highest BCUT2D eigenvalue weighted by Gasteiger charge is 2.46. The Kier molecular flexibility index (Phi) is 3.79. The van der Waals surface area contributed by atoms with Crippen molar-refractivity contribution < 1.29 is 9.59 Å². The predicted molar refractivity (Wildman–Crippen MR) is 108 cm³/mol.